The Kier molecular flexibility index (Phi) is 5.13. The number of unbranched alkanes of at least 4 members (excludes halogenated alkanes) is 2. The third kappa shape index (κ3) is 3.97. The number of rotatable bonds is 5. The Morgan fingerprint density at radius 2 is 1.61 bits per heavy atom. The van der Waals surface area contributed by atoms with Crippen molar-refractivity contribution in [3.05, 3.63) is 34.4 Å². The summed E-state index contributed by atoms with van der Waals surface area (Å²) >= 11 is 0. The maximum absolute atomic E-state index is 10.3. The SMILES string of the molecule is Cc1cc(C(C)(C)C)cc(C)c1CCCCC=O. The van der Waals surface area contributed by atoms with E-state index in [9.17, 15) is 4.79 Å². The highest BCUT2D eigenvalue weighted by Gasteiger charge is 2.15. The molecule has 0 N–H and O–H groups in total. The van der Waals surface area contributed by atoms with Crippen molar-refractivity contribution in [3.63, 3.8) is 0 Å². The fourth-order valence-corrected chi connectivity index (χ4v) is 2.35. The summed E-state index contributed by atoms with van der Waals surface area (Å²) in [5.74, 6) is 0. The summed E-state index contributed by atoms with van der Waals surface area (Å²) in [5, 5.41) is 0. The van der Waals surface area contributed by atoms with Crippen LogP contribution in [0.4, 0.5) is 0 Å². The maximum Gasteiger partial charge on any atom is 0.119 e. The Hall–Kier alpha value is -1.11. The lowest BCUT2D eigenvalue weighted by Gasteiger charge is -2.22. The van der Waals surface area contributed by atoms with E-state index >= 15 is 0 Å². The van der Waals surface area contributed by atoms with E-state index in [1.807, 2.05) is 0 Å². The van der Waals surface area contributed by atoms with Gasteiger partial charge in [0.1, 0.15) is 6.29 Å². The summed E-state index contributed by atoms with van der Waals surface area (Å²) < 4.78 is 0. The van der Waals surface area contributed by atoms with Crippen molar-refractivity contribution in [3.8, 4) is 0 Å². The normalized spacial score (nSPS) is 11.6. The van der Waals surface area contributed by atoms with Gasteiger partial charge in [0.15, 0.2) is 0 Å². The standard InChI is InChI=1S/C17H26O/c1-13-11-15(17(3,4)5)12-14(2)16(13)9-7-6-8-10-18/h10-12H,6-9H2,1-5H3. The van der Waals surface area contributed by atoms with Gasteiger partial charge in [0.05, 0.1) is 0 Å². The lowest BCUT2D eigenvalue weighted by atomic mass is 9.83. The van der Waals surface area contributed by atoms with Crippen LogP contribution in [-0.2, 0) is 16.6 Å². The second kappa shape index (κ2) is 6.17. The highest BCUT2D eigenvalue weighted by molar-refractivity contribution is 5.49. The summed E-state index contributed by atoms with van der Waals surface area (Å²) in [6.45, 7) is 11.2. The van der Waals surface area contributed by atoms with Crippen LogP contribution in [0.3, 0.4) is 0 Å². The molecule has 1 heteroatoms. The van der Waals surface area contributed by atoms with Crippen molar-refractivity contribution >= 4 is 6.29 Å². The molecule has 0 amide bonds. The second-order valence-corrected chi connectivity index (χ2v) is 6.25. The van der Waals surface area contributed by atoms with Gasteiger partial charge in [-0.25, -0.2) is 0 Å². The number of aldehydes is 1. The fraction of sp³-hybridized carbons (Fsp3) is 0.588. The van der Waals surface area contributed by atoms with E-state index in [2.05, 4.69) is 46.8 Å². The predicted molar refractivity (Wildman–Crippen MR) is 78.2 cm³/mol. The average Bonchev–Trinajstić information content (AvgIpc) is 2.25. The maximum atomic E-state index is 10.3. The molecule has 1 aromatic carbocycles. The lowest BCUT2D eigenvalue weighted by molar-refractivity contribution is -0.107. The van der Waals surface area contributed by atoms with Crippen molar-refractivity contribution in [2.24, 2.45) is 0 Å². The van der Waals surface area contributed by atoms with E-state index in [1.165, 1.54) is 22.3 Å². The van der Waals surface area contributed by atoms with Crippen LogP contribution < -0.4 is 0 Å². The highest BCUT2D eigenvalue weighted by Crippen LogP contribution is 2.27. The smallest absolute Gasteiger partial charge is 0.119 e. The lowest BCUT2D eigenvalue weighted by Crippen LogP contribution is -2.12. The molecule has 0 radical (unpaired) electrons. The quantitative estimate of drug-likeness (QED) is 0.551. The molecule has 1 aromatic rings. The first kappa shape index (κ1) is 14.9. The van der Waals surface area contributed by atoms with E-state index in [0.29, 0.717) is 6.42 Å². The van der Waals surface area contributed by atoms with Gasteiger partial charge >= 0.3 is 0 Å². The summed E-state index contributed by atoms with van der Waals surface area (Å²) in [5.41, 5.74) is 5.88. The Balaban J connectivity index is 2.85. The molecule has 0 aromatic heterocycles. The number of hydrogen-bond donors (Lipinski definition) is 0. The first-order chi connectivity index (χ1) is 8.36. The van der Waals surface area contributed by atoms with Crippen molar-refractivity contribution in [2.75, 3.05) is 0 Å². The van der Waals surface area contributed by atoms with Crippen LogP contribution in [0.25, 0.3) is 0 Å². The monoisotopic (exact) mass is 246 g/mol. The molecular weight excluding hydrogens is 220 g/mol. The van der Waals surface area contributed by atoms with E-state index in [-0.39, 0.29) is 5.41 Å². The van der Waals surface area contributed by atoms with Crippen LogP contribution in [0, 0.1) is 13.8 Å². The van der Waals surface area contributed by atoms with Gasteiger partial charge < -0.3 is 4.79 Å². The largest absolute Gasteiger partial charge is 0.303 e. The van der Waals surface area contributed by atoms with E-state index in [4.69, 9.17) is 0 Å². The minimum atomic E-state index is 0.214. The van der Waals surface area contributed by atoms with Crippen molar-refractivity contribution in [1.29, 1.82) is 0 Å². The first-order valence-electron chi connectivity index (χ1n) is 6.90. The molecule has 0 heterocycles. The minimum absolute atomic E-state index is 0.214. The van der Waals surface area contributed by atoms with Crippen molar-refractivity contribution in [2.45, 2.75) is 65.7 Å². The van der Waals surface area contributed by atoms with Crippen LogP contribution in [-0.4, -0.2) is 6.29 Å². The van der Waals surface area contributed by atoms with Gasteiger partial charge in [-0.15, -0.1) is 0 Å². The molecule has 0 aliphatic heterocycles. The molecule has 0 bridgehead atoms. The molecule has 0 aliphatic rings. The molecule has 1 rings (SSSR count). The minimum Gasteiger partial charge on any atom is -0.303 e. The molecule has 100 valence electrons. The van der Waals surface area contributed by atoms with Gasteiger partial charge in [0.25, 0.3) is 0 Å². The molecular formula is C17H26O. The van der Waals surface area contributed by atoms with Gasteiger partial charge in [-0.05, 0) is 60.8 Å². The summed E-state index contributed by atoms with van der Waals surface area (Å²) in [6.07, 6.45) is 4.91. The van der Waals surface area contributed by atoms with E-state index < -0.39 is 0 Å². The summed E-state index contributed by atoms with van der Waals surface area (Å²) in [4.78, 5) is 10.3. The molecule has 0 aliphatic carbocycles. The Bertz CT molecular complexity index is 387. The van der Waals surface area contributed by atoms with Gasteiger partial charge in [-0.3, -0.25) is 0 Å². The van der Waals surface area contributed by atoms with Gasteiger partial charge in [-0.1, -0.05) is 32.9 Å². The van der Waals surface area contributed by atoms with Gasteiger partial charge in [0.2, 0.25) is 0 Å². The van der Waals surface area contributed by atoms with Crippen LogP contribution in [0.15, 0.2) is 12.1 Å². The zero-order valence-electron chi connectivity index (χ0n) is 12.5. The number of hydrogen-bond acceptors (Lipinski definition) is 1. The number of carbonyl (C=O) groups excluding carboxylic acids is 1. The zero-order chi connectivity index (χ0) is 13.8. The number of aryl methyl sites for hydroxylation is 2. The molecule has 1 nitrogen and oxygen atoms in total. The van der Waals surface area contributed by atoms with Crippen LogP contribution >= 0.6 is 0 Å². The average molecular weight is 246 g/mol. The Labute approximate surface area is 112 Å². The third-order valence-electron chi connectivity index (χ3n) is 3.56. The van der Waals surface area contributed by atoms with Crippen LogP contribution in [0.1, 0.15) is 62.3 Å². The summed E-state index contributed by atoms with van der Waals surface area (Å²) in [6, 6.07) is 4.64. The zero-order valence-corrected chi connectivity index (χ0v) is 12.5. The van der Waals surface area contributed by atoms with Crippen molar-refractivity contribution < 1.29 is 4.79 Å². The molecule has 0 saturated heterocycles. The van der Waals surface area contributed by atoms with Crippen molar-refractivity contribution in [1.82, 2.24) is 0 Å². The van der Waals surface area contributed by atoms with Crippen LogP contribution in [0.5, 0.6) is 0 Å². The van der Waals surface area contributed by atoms with E-state index in [1.54, 1.807) is 0 Å². The molecule has 0 saturated carbocycles. The number of benzene rings is 1. The fourth-order valence-electron chi connectivity index (χ4n) is 2.35. The van der Waals surface area contributed by atoms with Gasteiger partial charge in [-0.2, -0.15) is 0 Å². The Morgan fingerprint density at radius 1 is 1.06 bits per heavy atom. The van der Waals surface area contributed by atoms with Gasteiger partial charge in [0, 0.05) is 6.42 Å². The molecule has 18 heavy (non-hydrogen) atoms. The highest BCUT2D eigenvalue weighted by atomic mass is 16.1. The first-order valence-corrected chi connectivity index (χ1v) is 6.90. The second-order valence-electron chi connectivity index (χ2n) is 6.25. The topological polar surface area (TPSA) is 17.1 Å². The van der Waals surface area contributed by atoms with Crippen LogP contribution in [0.2, 0.25) is 0 Å². The molecule has 0 unspecified atom stereocenters. The third-order valence-corrected chi connectivity index (χ3v) is 3.56. The Morgan fingerprint density at radius 3 is 2.06 bits per heavy atom. The predicted octanol–water partition coefficient (Wildman–Crippen LogP) is 4.51. The molecule has 0 atom stereocenters. The number of carbonyl (C=O) groups is 1. The van der Waals surface area contributed by atoms with E-state index in [0.717, 1.165) is 25.5 Å². The summed E-state index contributed by atoms with van der Waals surface area (Å²) in [7, 11) is 0. The molecule has 0 spiro atoms. The molecule has 0 fully saturated rings.